The van der Waals surface area contributed by atoms with Gasteiger partial charge in [0.15, 0.2) is 0 Å². The zero-order valence-electron chi connectivity index (χ0n) is 20.6. The smallest absolute Gasteiger partial charge is 0.237 e. The van der Waals surface area contributed by atoms with E-state index in [2.05, 4.69) is 62.2 Å². The molecule has 1 unspecified atom stereocenters. The van der Waals surface area contributed by atoms with E-state index in [1.54, 1.807) is 0 Å². The second-order valence-electron chi connectivity index (χ2n) is 10.0. The highest BCUT2D eigenvalue weighted by Crippen LogP contribution is 2.23. The molecule has 176 valence electrons. The Balaban J connectivity index is 2.07. The molecule has 5 nitrogen and oxygen atoms in total. The summed E-state index contributed by atoms with van der Waals surface area (Å²) in [7, 11) is 0. The third-order valence-electron chi connectivity index (χ3n) is 5.50. The number of nitrogens with one attached hydrogen (secondary N) is 1. The van der Waals surface area contributed by atoms with Crippen molar-refractivity contribution in [1.29, 1.82) is 0 Å². The van der Waals surface area contributed by atoms with Crippen molar-refractivity contribution >= 4 is 11.6 Å². The van der Waals surface area contributed by atoms with Gasteiger partial charge in [-0.1, -0.05) is 58.0 Å². The minimum atomic E-state index is -0.501. The van der Waals surface area contributed by atoms with E-state index < -0.39 is 11.6 Å². The van der Waals surface area contributed by atoms with E-state index in [0.717, 1.165) is 30.0 Å². The van der Waals surface area contributed by atoms with Crippen LogP contribution in [-0.4, -0.2) is 30.6 Å². The molecule has 1 atom stereocenters. The summed E-state index contributed by atoms with van der Waals surface area (Å²) in [4.78, 5) is 14.9. The first-order valence-electron chi connectivity index (χ1n) is 11.7. The van der Waals surface area contributed by atoms with Crippen molar-refractivity contribution in [2.45, 2.75) is 66.2 Å². The predicted molar refractivity (Wildman–Crippen MR) is 134 cm³/mol. The fraction of sp³-hybridized carbons (Fsp3) is 0.519. The molecular formula is C27H41N3O2. The summed E-state index contributed by atoms with van der Waals surface area (Å²) in [6, 6.07) is 17.9. The Bertz CT molecular complexity index is 817. The SMILES string of the molecule is CC(C)CCN(CC(C)(C)NC(=O)C(N)C(C)C)c1ccc(OCc2ccccc2)cc1. The summed E-state index contributed by atoms with van der Waals surface area (Å²) in [6.45, 7) is 14.7. The largest absolute Gasteiger partial charge is 0.489 e. The summed E-state index contributed by atoms with van der Waals surface area (Å²) < 4.78 is 5.94. The summed E-state index contributed by atoms with van der Waals surface area (Å²) >= 11 is 0. The molecule has 2 aromatic carbocycles. The van der Waals surface area contributed by atoms with Gasteiger partial charge in [0.1, 0.15) is 12.4 Å². The van der Waals surface area contributed by atoms with Crippen LogP contribution >= 0.6 is 0 Å². The molecule has 0 saturated heterocycles. The summed E-state index contributed by atoms with van der Waals surface area (Å²) in [5, 5.41) is 3.14. The topological polar surface area (TPSA) is 67.6 Å². The number of ether oxygens (including phenoxy) is 1. The quantitative estimate of drug-likeness (QED) is 0.489. The number of hydrogen-bond donors (Lipinski definition) is 2. The molecule has 0 aliphatic heterocycles. The van der Waals surface area contributed by atoms with Crippen LogP contribution in [0.5, 0.6) is 5.75 Å². The minimum absolute atomic E-state index is 0.0986. The van der Waals surface area contributed by atoms with Crippen molar-refractivity contribution in [3.63, 3.8) is 0 Å². The molecule has 0 aliphatic rings. The van der Waals surface area contributed by atoms with Crippen LogP contribution in [0.4, 0.5) is 5.69 Å². The maximum Gasteiger partial charge on any atom is 0.237 e. The van der Waals surface area contributed by atoms with Gasteiger partial charge >= 0.3 is 0 Å². The van der Waals surface area contributed by atoms with Crippen LogP contribution < -0.4 is 20.7 Å². The normalized spacial score (nSPS) is 12.7. The van der Waals surface area contributed by atoms with Crippen molar-refractivity contribution < 1.29 is 9.53 Å². The number of amides is 1. The highest BCUT2D eigenvalue weighted by atomic mass is 16.5. The maximum atomic E-state index is 12.5. The zero-order valence-corrected chi connectivity index (χ0v) is 20.6. The highest BCUT2D eigenvalue weighted by molar-refractivity contribution is 5.82. The first-order chi connectivity index (χ1) is 15.1. The number of nitrogens with zero attached hydrogens (tertiary/aromatic N) is 1. The van der Waals surface area contributed by atoms with Crippen LogP contribution in [0.3, 0.4) is 0 Å². The van der Waals surface area contributed by atoms with E-state index in [9.17, 15) is 4.79 Å². The molecule has 0 saturated carbocycles. The van der Waals surface area contributed by atoms with Gasteiger partial charge in [-0.25, -0.2) is 0 Å². The Morgan fingerprint density at radius 2 is 1.66 bits per heavy atom. The van der Waals surface area contributed by atoms with E-state index in [0.29, 0.717) is 19.1 Å². The molecule has 2 rings (SSSR count). The van der Waals surface area contributed by atoms with Gasteiger partial charge in [0.25, 0.3) is 0 Å². The zero-order chi connectivity index (χ0) is 23.7. The van der Waals surface area contributed by atoms with Gasteiger partial charge < -0.3 is 20.7 Å². The Labute approximate surface area is 194 Å². The van der Waals surface area contributed by atoms with Crippen LogP contribution in [0.2, 0.25) is 0 Å². The molecule has 3 N–H and O–H groups in total. The number of hydrogen-bond acceptors (Lipinski definition) is 4. The highest BCUT2D eigenvalue weighted by Gasteiger charge is 2.27. The average Bonchev–Trinajstić information content (AvgIpc) is 2.75. The molecule has 0 radical (unpaired) electrons. The number of nitrogens with two attached hydrogens (primary N) is 1. The van der Waals surface area contributed by atoms with Crippen molar-refractivity contribution in [2.75, 3.05) is 18.0 Å². The lowest BCUT2D eigenvalue weighted by molar-refractivity contribution is -0.124. The van der Waals surface area contributed by atoms with Crippen molar-refractivity contribution in [3.05, 3.63) is 60.2 Å². The summed E-state index contributed by atoms with van der Waals surface area (Å²) in [6.07, 6.45) is 1.07. The van der Waals surface area contributed by atoms with E-state index in [1.807, 2.05) is 44.2 Å². The molecule has 0 aromatic heterocycles. The van der Waals surface area contributed by atoms with Crippen molar-refractivity contribution in [3.8, 4) is 5.75 Å². The van der Waals surface area contributed by atoms with E-state index in [-0.39, 0.29) is 11.8 Å². The number of anilines is 1. The van der Waals surface area contributed by atoms with Gasteiger partial charge in [0.2, 0.25) is 5.91 Å². The van der Waals surface area contributed by atoms with Crippen LogP contribution in [0.1, 0.15) is 53.5 Å². The Morgan fingerprint density at radius 3 is 2.22 bits per heavy atom. The Morgan fingerprint density at radius 1 is 1.03 bits per heavy atom. The van der Waals surface area contributed by atoms with E-state index in [4.69, 9.17) is 10.5 Å². The lowest BCUT2D eigenvalue weighted by atomic mass is 9.99. The molecule has 0 heterocycles. The monoisotopic (exact) mass is 439 g/mol. The molecule has 0 spiro atoms. The van der Waals surface area contributed by atoms with Crippen LogP contribution in [0, 0.1) is 11.8 Å². The van der Waals surface area contributed by atoms with Crippen molar-refractivity contribution in [1.82, 2.24) is 5.32 Å². The fourth-order valence-corrected chi connectivity index (χ4v) is 3.44. The van der Waals surface area contributed by atoms with Gasteiger partial charge in [-0.05, 0) is 61.9 Å². The second kappa shape index (κ2) is 11.9. The molecule has 1 amide bonds. The summed E-state index contributed by atoms with van der Waals surface area (Å²) in [5.74, 6) is 1.44. The molecular weight excluding hydrogens is 398 g/mol. The van der Waals surface area contributed by atoms with Gasteiger partial charge in [-0.15, -0.1) is 0 Å². The van der Waals surface area contributed by atoms with Crippen LogP contribution in [-0.2, 0) is 11.4 Å². The third kappa shape index (κ3) is 8.54. The van der Waals surface area contributed by atoms with Gasteiger partial charge in [-0.3, -0.25) is 4.79 Å². The average molecular weight is 440 g/mol. The number of benzene rings is 2. The number of carbonyl (C=O) groups excluding carboxylic acids is 1. The molecule has 0 aliphatic carbocycles. The first kappa shape index (κ1) is 25.7. The first-order valence-corrected chi connectivity index (χ1v) is 11.7. The van der Waals surface area contributed by atoms with E-state index in [1.165, 1.54) is 0 Å². The molecule has 0 fully saturated rings. The number of rotatable bonds is 12. The summed E-state index contributed by atoms with van der Waals surface area (Å²) in [5.41, 5.74) is 7.91. The van der Waals surface area contributed by atoms with Gasteiger partial charge in [0.05, 0.1) is 11.6 Å². The third-order valence-corrected chi connectivity index (χ3v) is 5.50. The number of carbonyl (C=O) groups is 1. The van der Waals surface area contributed by atoms with Crippen LogP contribution in [0.25, 0.3) is 0 Å². The maximum absolute atomic E-state index is 12.5. The van der Waals surface area contributed by atoms with Gasteiger partial charge in [-0.2, -0.15) is 0 Å². The fourth-order valence-electron chi connectivity index (χ4n) is 3.44. The standard InChI is InChI=1S/C27H41N3O2/c1-20(2)16-17-30(19-27(5,6)29-26(31)25(28)21(3)4)23-12-14-24(15-13-23)32-18-22-10-8-7-9-11-22/h7-15,20-21,25H,16-19,28H2,1-6H3,(H,29,31). The predicted octanol–water partition coefficient (Wildman–Crippen LogP) is 5.00. The lowest BCUT2D eigenvalue weighted by Gasteiger charge is -2.36. The second-order valence-corrected chi connectivity index (χ2v) is 10.0. The van der Waals surface area contributed by atoms with Gasteiger partial charge in [0, 0.05) is 18.8 Å². The molecule has 0 bridgehead atoms. The Kier molecular flexibility index (Phi) is 9.58. The Hall–Kier alpha value is -2.53. The molecule has 32 heavy (non-hydrogen) atoms. The van der Waals surface area contributed by atoms with E-state index >= 15 is 0 Å². The van der Waals surface area contributed by atoms with Crippen molar-refractivity contribution in [2.24, 2.45) is 17.6 Å². The molecule has 5 heteroatoms. The van der Waals surface area contributed by atoms with Crippen LogP contribution in [0.15, 0.2) is 54.6 Å². The molecule has 2 aromatic rings. The lowest BCUT2D eigenvalue weighted by Crippen LogP contribution is -2.56. The minimum Gasteiger partial charge on any atom is -0.489 e.